The summed E-state index contributed by atoms with van der Waals surface area (Å²) < 4.78 is 27.2. The number of nitrogens with zero attached hydrogens (tertiary/aromatic N) is 1. The zero-order chi connectivity index (χ0) is 28.5. The minimum Gasteiger partial charge on any atom is -0.495 e. The molecule has 38 heavy (non-hydrogen) atoms. The highest BCUT2D eigenvalue weighted by molar-refractivity contribution is 6.05. The summed E-state index contributed by atoms with van der Waals surface area (Å²) in [5.41, 5.74) is 6.93. The zero-order valence-corrected chi connectivity index (χ0v) is 22.8. The molecule has 0 radical (unpaired) electrons. The van der Waals surface area contributed by atoms with E-state index in [-0.39, 0.29) is 13.0 Å². The summed E-state index contributed by atoms with van der Waals surface area (Å²) in [5.74, 6) is -0.775. The van der Waals surface area contributed by atoms with E-state index in [2.05, 4.69) is 11.4 Å². The average Bonchev–Trinajstić information content (AvgIpc) is 2.88. The van der Waals surface area contributed by atoms with E-state index in [0.717, 1.165) is 0 Å². The first-order chi connectivity index (χ1) is 18.0. The molecule has 3 N–H and O–H groups in total. The van der Waals surface area contributed by atoms with Gasteiger partial charge in [0.15, 0.2) is 11.5 Å². The molecule has 10 nitrogen and oxygen atoms in total. The number of nitrogens with one attached hydrogen (secondary N) is 1. The maximum absolute atomic E-state index is 13.2. The van der Waals surface area contributed by atoms with Crippen LogP contribution in [0, 0.1) is 17.2 Å². The lowest BCUT2D eigenvalue weighted by Gasteiger charge is -2.23. The number of hydrogen-bond acceptors (Lipinski definition) is 9. The van der Waals surface area contributed by atoms with E-state index in [1.165, 1.54) is 34.5 Å². The SMILES string of the molecule is COc1ccc(C(=CC#N)c2cc(OC)c(OC)c(OC)c2)cc1NC(=O)C(CCN)C(=O)OC(C)(C)C. The lowest BCUT2D eigenvalue weighted by atomic mass is 9.96. The fourth-order valence-corrected chi connectivity index (χ4v) is 3.72. The van der Waals surface area contributed by atoms with Crippen molar-refractivity contribution in [3.05, 3.63) is 47.5 Å². The van der Waals surface area contributed by atoms with Crippen molar-refractivity contribution in [2.24, 2.45) is 11.7 Å². The molecule has 2 aromatic carbocycles. The monoisotopic (exact) mass is 525 g/mol. The van der Waals surface area contributed by atoms with E-state index in [1.807, 2.05) is 0 Å². The Morgan fingerprint density at radius 3 is 2.05 bits per heavy atom. The van der Waals surface area contributed by atoms with Crippen molar-refractivity contribution < 1.29 is 33.3 Å². The molecular formula is C28H35N3O7. The van der Waals surface area contributed by atoms with Crippen LogP contribution in [0.3, 0.4) is 0 Å². The van der Waals surface area contributed by atoms with E-state index < -0.39 is 23.4 Å². The van der Waals surface area contributed by atoms with E-state index in [0.29, 0.717) is 45.4 Å². The standard InChI is InChI=1S/C28H35N3O7/c1-28(2,3)38-27(33)20(11-13-30)26(32)31-21-14-17(8-9-22(21)34-4)19(10-12-29)18-15-23(35-5)25(37-7)24(16-18)36-6/h8-10,14-16,20H,11,13,30H2,1-7H3,(H,31,32). The van der Waals surface area contributed by atoms with Crippen LogP contribution in [-0.2, 0) is 14.3 Å². The largest absolute Gasteiger partial charge is 0.495 e. The number of rotatable bonds is 11. The number of nitrogens with two attached hydrogens (primary N) is 1. The highest BCUT2D eigenvalue weighted by Crippen LogP contribution is 2.41. The number of carbonyl (C=O) groups is 2. The van der Waals surface area contributed by atoms with Crippen LogP contribution in [-0.4, -0.2) is 52.5 Å². The summed E-state index contributed by atoms with van der Waals surface area (Å²) in [5, 5.41) is 12.3. The smallest absolute Gasteiger partial charge is 0.319 e. The Kier molecular flexibility index (Phi) is 10.5. The second kappa shape index (κ2) is 13.4. The van der Waals surface area contributed by atoms with Crippen molar-refractivity contribution in [3.63, 3.8) is 0 Å². The van der Waals surface area contributed by atoms with Gasteiger partial charge in [-0.1, -0.05) is 6.07 Å². The number of nitriles is 1. The summed E-state index contributed by atoms with van der Waals surface area (Å²) in [6.07, 6.45) is 1.47. The summed E-state index contributed by atoms with van der Waals surface area (Å²) in [6, 6.07) is 10.5. The number of esters is 1. The molecule has 0 heterocycles. The fourth-order valence-electron chi connectivity index (χ4n) is 3.72. The van der Waals surface area contributed by atoms with Gasteiger partial charge in [-0.3, -0.25) is 9.59 Å². The van der Waals surface area contributed by atoms with Gasteiger partial charge in [0.25, 0.3) is 0 Å². The first-order valence-corrected chi connectivity index (χ1v) is 11.9. The molecule has 0 spiro atoms. The van der Waals surface area contributed by atoms with Crippen molar-refractivity contribution >= 4 is 23.1 Å². The van der Waals surface area contributed by atoms with Crippen molar-refractivity contribution in [1.82, 2.24) is 0 Å². The number of methoxy groups -OCH3 is 4. The Morgan fingerprint density at radius 1 is 0.974 bits per heavy atom. The van der Waals surface area contributed by atoms with Gasteiger partial charge < -0.3 is 34.7 Å². The Hall–Kier alpha value is -4.23. The van der Waals surface area contributed by atoms with Crippen molar-refractivity contribution in [1.29, 1.82) is 5.26 Å². The lowest BCUT2D eigenvalue weighted by molar-refractivity contribution is -0.161. The van der Waals surface area contributed by atoms with Crippen LogP contribution in [0.5, 0.6) is 23.0 Å². The molecule has 1 amide bonds. The van der Waals surface area contributed by atoms with Crippen molar-refractivity contribution in [2.45, 2.75) is 32.8 Å². The number of allylic oxidation sites excluding steroid dienone is 1. The van der Waals surface area contributed by atoms with E-state index in [9.17, 15) is 14.9 Å². The highest BCUT2D eigenvalue weighted by atomic mass is 16.6. The van der Waals surface area contributed by atoms with E-state index in [4.69, 9.17) is 29.4 Å². The molecule has 10 heteroatoms. The molecule has 2 rings (SSSR count). The first kappa shape index (κ1) is 30.0. The van der Waals surface area contributed by atoms with Crippen LogP contribution < -0.4 is 30.0 Å². The molecule has 0 saturated heterocycles. The van der Waals surface area contributed by atoms with Crippen LogP contribution in [0.4, 0.5) is 5.69 Å². The molecule has 1 unspecified atom stereocenters. The van der Waals surface area contributed by atoms with E-state index >= 15 is 0 Å². The predicted octanol–water partition coefficient (Wildman–Crippen LogP) is 3.92. The molecule has 0 aliphatic heterocycles. The van der Waals surface area contributed by atoms with Gasteiger partial charge in [-0.15, -0.1) is 0 Å². The van der Waals surface area contributed by atoms with Crippen LogP contribution in [0.25, 0.3) is 5.57 Å². The van der Waals surface area contributed by atoms with Gasteiger partial charge in [0, 0.05) is 6.08 Å². The second-order valence-corrected chi connectivity index (χ2v) is 9.17. The van der Waals surface area contributed by atoms with Gasteiger partial charge in [-0.05, 0) is 74.7 Å². The predicted molar refractivity (Wildman–Crippen MR) is 143 cm³/mol. The quantitative estimate of drug-likeness (QED) is 0.253. The molecule has 0 aliphatic rings. The first-order valence-electron chi connectivity index (χ1n) is 11.9. The molecule has 0 bridgehead atoms. The highest BCUT2D eigenvalue weighted by Gasteiger charge is 2.31. The third-order valence-corrected chi connectivity index (χ3v) is 5.42. The number of anilines is 1. The third kappa shape index (κ3) is 7.40. The van der Waals surface area contributed by atoms with Gasteiger partial charge in [0.1, 0.15) is 17.3 Å². The molecule has 1 atom stereocenters. The van der Waals surface area contributed by atoms with Crippen LogP contribution in [0.15, 0.2) is 36.4 Å². The summed E-state index contributed by atoms with van der Waals surface area (Å²) >= 11 is 0. The topological polar surface area (TPSA) is 142 Å². The molecule has 0 fully saturated rings. The maximum Gasteiger partial charge on any atom is 0.319 e. The Balaban J connectivity index is 2.55. The number of amides is 1. The van der Waals surface area contributed by atoms with Crippen molar-refractivity contribution in [2.75, 3.05) is 40.3 Å². The van der Waals surface area contributed by atoms with Crippen molar-refractivity contribution in [3.8, 4) is 29.1 Å². The summed E-state index contributed by atoms with van der Waals surface area (Å²) in [6.45, 7) is 5.29. The van der Waals surface area contributed by atoms with Crippen LogP contribution in [0.1, 0.15) is 38.3 Å². The van der Waals surface area contributed by atoms with Gasteiger partial charge in [-0.25, -0.2) is 0 Å². The molecule has 2 aromatic rings. The molecule has 204 valence electrons. The number of hydrogen-bond donors (Lipinski definition) is 2. The Bertz CT molecular complexity index is 1200. The van der Waals surface area contributed by atoms with Gasteiger partial charge in [0.05, 0.1) is 40.2 Å². The van der Waals surface area contributed by atoms with Gasteiger partial charge in [0.2, 0.25) is 11.7 Å². The average molecular weight is 526 g/mol. The Morgan fingerprint density at radius 2 is 1.58 bits per heavy atom. The number of benzene rings is 2. The van der Waals surface area contributed by atoms with Crippen LogP contribution >= 0.6 is 0 Å². The minimum atomic E-state index is -1.11. The third-order valence-electron chi connectivity index (χ3n) is 5.42. The maximum atomic E-state index is 13.2. The van der Waals surface area contributed by atoms with Gasteiger partial charge >= 0.3 is 5.97 Å². The zero-order valence-electron chi connectivity index (χ0n) is 22.8. The second-order valence-electron chi connectivity index (χ2n) is 9.17. The molecule has 0 saturated carbocycles. The lowest BCUT2D eigenvalue weighted by Crippen LogP contribution is -2.36. The molecule has 0 aliphatic carbocycles. The Labute approximate surface area is 223 Å². The summed E-state index contributed by atoms with van der Waals surface area (Å²) in [7, 11) is 5.96. The van der Waals surface area contributed by atoms with Gasteiger partial charge in [-0.2, -0.15) is 5.26 Å². The fraction of sp³-hybridized carbons (Fsp3) is 0.393. The van der Waals surface area contributed by atoms with Crippen LogP contribution in [0.2, 0.25) is 0 Å². The number of carbonyl (C=O) groups excluding carboxylic acids is 2. The van der Waals surface area contributed by atoms with E-state index in [1.54, 1.807) is 51.1 Å². The molecule has 0 aromatic heterocycles. The normalized spacial score (nSPS) is 12.1. The minimum absolute atomic E-state index is 0.105. The number of ether oxygens (including phenoxy) is 5. The summed E-state index contributed by atoms with van der Waals surface area (Å²) in [4.78, 5) is 25.9. The molecular weight excluding hydrogens is 490 g/mol.